The summed E-state index contributed by atoms with van der Waals surface area (Å²) < 4.78 is 0. The van der Waals surface area contributed by atoms with Crippen molar-refractivity contribution in [2.75, 3.05) is 0 Å². The minimum Gasteiger partial charge on any atom is -0.0889 e. The van der Waals surface area contributed by atoms with E-state index in [-0.39, 0.29) is 0 Å². The second-order valence-electron chi connectivity index (χ2n) is 5.76. The fourth-order valence-electron chi connectivity index (χ4n) is 2.32. The molecule has 0 bridgehead atoms. The molecule has 24 heavy (non-hydrogen) atoms. The van der Waals surface area contributed by atoms with Gasteiger partial charge < -0.3 is 0 Å². The standard InChI is InChI=1S/C23H17B/c1-18-17-21(8-7-19-5-3-2-4-6-19)10-14-22(18)13-9-20-11-15-23(24)16-12-20/h2-6,10-12,14-17H,24H2,1H3. The summed E-state index contributed by atoms with van der Waals surface area (Å²) in [7, 11) is 2.08. The predicted octanol–water partition coefficient (Wildman–Crippen LogP) is 3.05. The highest BCUT2D eigenvalue weighted by Gasteiger charge is 1.96. The zero-order valence-electron chi connectivity index (χ0n) is 13.9. The Morgan fingerprint density at radius 3 is 1.92 bits per heavy atom. The molecule has 1 heteroatoms. The van der Waals surface area contributed by atoms with Gasteiger partial charge >= 0.3 is 0 Å². The van der Waals surface area contributed by atoms with Crippen LogP contribution < -0.4 is 5.46 Å². The number of hydrogen-bond acceptors (Lipinski definition) is 0. The van der Waals surface area contributed by atoms with E-state index in [4.69, 9.17) is 0 Å². The van der Waals surface area contributed by atoms with Crippen LogP contribution in [0, 0.1) is 30.6 Å². The Labute approximate surface area is 145 Å². The summed E-state index contributed by atoms with van der Waals surface area (Å²) in [5, 5.41) is 0. The number of benzene rings is 3. The third kappa shape index (κ3) is 4.19. The van der Waals surface area contributed by atoms with Crippen LogP contribution in [0.4, 0.5) is 0 Å². The minimum absolute atomic E-state index is 1.01. The lowest BCUT2D eigenvalue weighted by atomic mass is 9.95. The molecule has 0 aromatic heterocycles. The van der Waals surface area contributed by atoms with Crippen LogP contribution in [0.25, 0.3) is 0 Å². The summed E-state index contributed by atoms with van der Waals surface area (Å²) in [6, 6.07) is 24.5. The molecule has 0 unspecified atom stereocenters. The van der Waals surface area contributed by atoms with E-state index in [2.05, 4.69) is 68.8 Å². The molecule has 112 valence electrons. The van der Waals surface area contributed by atoms with E-state index in [9.17, 15) is 0 Å². The third-order valence-corrected chi connectivity index (χ3v) is 3.74. The van der Waals surface area contributed by atoms with Crippen LogP contribution in [0.2, 0.25) is 0 Å². The first-order chi connectivity index (χ1) is 11.7. The molecule has 0 saturated heterocycles. The van der Waals surface area contributed by atoms with Gasteiger partial charge in [-0.05, 0) is 55.0 Å². The SMILES string of the molecule is Bc1ccc(C#Cc2ccc(C#Cc3ccccc3)cc2C)cc1. The smallest absolute Gasteiger partial charge is 0.0889 e. The Kier molecular flexibility index (Phi) is 4.85. The lowest BCUT2D eigenvalue weighted by Crippen LogP contribution is -1.99. The highest BCUT2D eigenvalue weighted by atomic mass is 14.0. The lowest BCUT2D eigenvalue weighted by Gasteiger charge is -1.99. The highest BCUT2D eigenvalue weighted by Crippen LogP contribution is 2.10. The topological polar surface area (TPSA) is 0 Å². The van der Waals surface area contributed by atoms with Crippen molar-refractivity contribution in [3.63, 3.8) is 0 Å². The maximum absolute atomic E-state index is 3.25. The molecule has 0 spiro atoms. The maximum Gasteiger partial charge on any atom is 0.139 e. The summed E-state index contributed by atoms with van der Waals surface area (Å²) >= 11 is 0. The van der Waals surface area contributed by atoms with Gasteiger partial charge in [-0.15, -0.1) is 0 Å². The first kappa shape index (κ1) is 15.7. The molecular weight excluding hydrogens is 287 g/mol. The van der Waals surface area contributed by atoms with Crippen LogP contribution in [0.5, 0.6) is 0 Å². The molecule has 0 nitrogen and oxygen atoms in total. The fourth-order valence-corrected chi connectivity index (χ4v) is 2.32. The van der Waals surface area contributed by atoms with Crippen LogP contribution in [0.1, 0.15) is 27.8 Å². The molecule has 0 fully saturated rings. The molecule has 3 aromatic carbocycles. The number of rotatable bonds is 0. The van der Waals surface area contributed by atoms with Gasteiger partial charge in [-0.1, -0.05) is 59.5 Å². The van der Waals surface area contributed by atoms with Crippen LogP contribution in [0.3, 0.4) is 0 Å². The van der Waals surface area contributed by atoms with Crippen LogP contribution in [0.15, 0.2) is 72.8 Å². The van der Waals surface area contributed by atoms with Gasteiger partial charge in [0.15, 0.2) is 0 Å². The summed E-state index contributed by atoms with van der Waals surface area (Å²) in [5.41, 5.74) is 6.51. The predicted molar refractivity (Wildman–Crippen MR) is 104 cm³/mol. The van der Waals surface area contributed by atoms with Crippen LogP contribution >= 0.6 is 0 Å². The van der Waals surface area contributed by atoms with Crippen molar-refractivity contribution in [2.24, 2.45) is 0 Å². The molecule has 3 aromatic rings. The average Bonchev–Trinajstić information content (AvgIpc) is 2.61. The maximum atomic E-state index is 3.25. The van der Waals surface area contributed by atoms with E-state index in [1.807, 2.05) is 42.5 Å². The second-order valence-corrected chi connectivity index (χ2v) is 5.76. The van der Waals surface area contributed by atoms with Crippen molar-refractivity contribution in [2.45, 2.75) is 6.92 Å². The van der Waals surface area contributed by atoms with Gasteiger partial charge in [0.05, 0.1) is 0 Å². The van der Waals surface area contributed by atoms with Gasteiger partial charge in [0.1, 0.15) is 7.85 Å². The lowest BCUT2D eigenvalue weighted by molar-refractivity contribution is 1.42. The summed E-state index contributed by atoms with van der Waals surface area (Å²) in [6.07, 6.45) is 0. The van der Waals surface area contributed by atoms with Crippen molar-refractivity contribution >= 4 is 13.3 Å². The Morgan fingerprint density at radius 1 is 0.625 bits per heavy atom. The van der Waals surface area contributed by atoms with Gasteiger partial charge in [-0.25, -0.2) is 0 Å². The average molecular weight is 304 g/mol. The molecule has 0 amide bonds. The Bertz CT molecular complexity index is 960. The molecule has 0 atom stereocenters. The van der Waals surface area contributed by atoms with Crippen molar-refractivity contribution in [3.05, 3.63) is 101 Å². The molecule has 3 rings (SSSR count). The normalized spacial score (nSPS) is 9.38. The van der Waals surface area contributed by atoms with Gasteiger partial charge in [-0.2, -0.15) is 0 Å². The largest absolute Gasteiger partial charge is 0.139 e. The van der Waals surface area contributed by atoms with E-state index < -0.39 is 0 Å². The van der Waals surface area contributed by atoms with Crippen LogP contribution in [-0.2, 0) is 0 Å². The first-order valence-electron chi connectivity index (χ1n) is 7.97. The number of aryl methyl sites for hydroxylation is 1. The van der Waals surface area contributed by atoms with Crippen molar-refractivity contribution in [1.82, 2.24) is 0 Å². The van der Waals surface area contributed by atoms with Gasteiger partial charge in [0.2, 0.25) is 0 Å². The molecule has 0 radical (unpaired) electrons. The molecule has 0 aliphatic rings. The minimum atomic E-state index is 1.01. The van der Waals surface area contributed by atoms with Gasteiger partial charge in [-0.3, -0.25) is 0 Å². The first-order valence-corrected chi connectivity index (χ1v) is 7.97. The Hall–Kier alpha value is -3.16. The van der Waals surface area contributed by atoms with Crippen molar-refractivity contribution < 1.29 is 0 Å². The number of hydrogen-bond donors (Lipinski definition) is 0. The quantitative estimate of drug-likeness (QED) is 0.442. The van der Waals surface area contributed by atoms with E-state index in [1.54, 1.807) is 0 Å². The van der Waals surface area contributed by atoms with E-state index in [1.165, 1.54) is 5.46 Å². The summed E-state index contributed by atoms with van der Waals surface area (Å²) in [6.45, 7) is 2.08. The summed E-state index contributed by atoms with van der Waals surface area (Å²) in [4.78, 5) is 0. The molecule has 0 saturated carbocycles. The molecular formula is C23H17B. The summed E-state index contributed by atoms with van der Waals surface area (Å²) in [5.74, 6) is 12.9. The van der Waals surface area contributed by atoms with Gasteiger partial charge in [0.25, 0.3) is 0 Å². The monoisotopic (exact) mass is 304 g/mol. The Balaban J connectivity index is 1.81. The second kappa shape index (κ2) is 7.41. The molecule has 0 aliphatic heterocycles. The van der Waals surface area contributed by atoms with Crippen molar-refractivity contribution in [3.8, 4) is 23.7 Å². The fraction of sp³-hybridized carbons (Fsp3) is 0.0435. The molecule has 0 N–H and O–H groups in total. The van der Waals surface area contributed by atoms with Crippen molar-refractivity contribution in [1.29, 1.82) is 0 Å². The third-order valence-electron chi connectivity index (χ3n) is 3.74. The van der Waals surface area contributed by atoms with E-state index in [0.717, 1.165) is 27.8 Å². The van der Waals surface area contributed by atoms with E-state index in [0.29, 0.717) is 0 Å². The highest BCUT2D eigenvalue weighted by molar-refractivity contribution is 6.32. The molecule has 0 aliphatic carbocycles. The van der Waals surface area contributed by atoms with Crippen LogP contribution in [-0.4, -0.2) is 7.85 Å². The van der Waals surface area contributed by atoms with E-state index >= 15 is 0 Å². The zero-order valence-corrected chi connectivity index (χ0v) is 13.9. The van der Waals surface area contributed by atoms with Gasteiger partial charge in [0, 0.05) is 22.3 Å². The Morgan fingerprint density at radius 2 is 1.21 bits per heavy atom. The zero-order chi connectivity index (χ0) is 16.8. The molecule has 0 heterocycles.